The summed E-state index contributed by atoms with van der Waals surface area (Å²) < 4.78 is 4.92. The van der Waals surface area contributed by atoms with Gasteiger partial charge < -0.3 is 25.6 Å². The first kappa shape index (κ1) is 21.9. The summed E-state index contributed by atoms with van der Waals surface area (Å²) in [5.41, 5.74) is 0.555. The number of hydrogen-bond donors (Lipinski definition) is 3. The van der Waals surface area contributed by atoms with Crippen molar-refractivity contribution in [3.05, 3.63) is 41.1 Å². The number of ether oxygens (including phenoxy) is 1. The smallest absolute Gasteiger partial charge is 0.345 e. The molecule has 26 heavy (non-hydrogen) atoms. The van der Waals surface area contributed by atoms with E-state index in [-0.39, 0.29) is 17.3 Å². The second-order valence-electron chi connectivity index (χ2n) is 5.44. The molecule has 0 saturated heterocycles. The molecule has 0 aromatic heterocycles. The Hall–Kier alpha value is -2.16. The lowest BCUT2D eigenvalue weighted by Gasteiger charge is -2.12. The SMILES string of the molecule is CCOC(=O)/C(=C/NC(=S)Nc1ccc(Cl)cc1)C(=O)NCCN(C)C. The quantitative estimate of drug-likeness (QED) is 0.202. The molecule has 0 fully saturated rings. The highest BCUT2D eigenvalue weighted by Crippen LogP contribution is 2.13. The van der Waals surface area contributed by atoms with Crippen molar-refractivity contribution in [2.24, 2.45) is 0 Å². The van der Waals surface area contributed by atoms with Crippen molar-refractivity contribution in [1.82, 2.24) is 15.5 Å². The number of hydrogen-bond acceptors (Lipinski definition) is 5. The van der Waals surface area contributed by atoms with Crippen LogP contribution >= 0.6 is 23.8 Å². The number of carbonyl (C=O) groups excluding carboxylic acids is 2. The predicted molar refractivity (Wildman–Crippen MR) is 107 cm³/mol. The van der Waals surface area contributed by atoms with Gasteiger partial charge in [0.05, 0.1) is 6.61 Å². The molecule has 0 aliphatic rings. The number of nitrogens with zero attached hydrogens (tertiary/aromatic N) is 1. The highest BCUT2D eigenvalue weighted by molar-refractivity contribution is 7.80. The molecule has 0 unspecified atom stereocenters. The van der Waals surface area contributed by atoms with Crippen molar-refractivity contribution in [2.45, 2.75) is 6.92 Å². The topological polar surface area (TPSA) is 82.7 Å². The molecule has 1 aromatic rings. The molecular weight excluding hydrogens is 376 g/mol. The lowest BCUT2D eigenvalue weighted by molar-refractivity contribution is -0.140. The minimum atomic E-state index is -0.725. The third kappa shape index (κ3) is 8.28. The van der Waals surface area contributed by atoms with Crippen LogP contribution in [0.2, 0.25) is 5.02 Å². The van der Waals surface area contributed by atoms with Crippen LogP contribution in [0.4, 0.5) is 5.69 Å². The van der Waals surface area contributed by atoms with Crippen molar-refractivity contribution < 1.29 is 14.3 Å². The minimum absolute atomic E-state index is 0.161. The molecule has 0 aliphatic carbocycles. The van der Waals surface area contributed by atoms with E-state index in [1.54, 1.807) is 31.2 Å². The Labute approximate surface area is 163 Å². The van der Waals surface area contributed by atoms with Gasteiger partial charge in [-0.25, -0.2) is 4.79 Å². The number of esters is 1. The number of nitrogens with one attached hydrogen (secondary N) is 3. The summed E-state index contributed by atoms with van der Waals surface area (Å²) in [6, 6.07) is 6.93. The van der Waals surface area contributed by atoms with E-state index in [1.807, 2.05) is 19.0 Å². The van der Waals surface area contributed by atoms with E-state index in [0.29, 0.717) is 23.8 Å². The Balaban J connectivity index is 2.72. The first-order valence-electron chi connectivity index (χ1n) is 7.96. The van der Waals surface area contributed by atoms with Gasteiger partial charge in [-0.05, 0) is 57.5 Å². The summed E-state index contributed by atoms with van der Waals surface area (Å²) in [5, 5.41) is 9.13. The molecule has 0 bridgehead atoms. The minimum Gasteiger partial charge on any atom is -0.462 e. The van der Waals surface area contributed by atoms with Crippen LogP contribution in [0, 0.1) is 0 Å². The van der Waals surface area contributed by atoms with Gasteiger partial charge in [0.15, 0.2) is 5.11 Å². The number of anilines is 1. The Bertz CT molecular complexity index is 662. The number of benzene rings is 1. The average Bonchev–Trinajstić information content (AvgIpc) is 2.57. The van der Waals surface area contributed by atoms with Crippen molar-refractivity contribution in [3.8, 4) is 0 Å². The Morgan fingerprint density at radius 1 is 1.27 bits per heavy atom. The molecule has 0 heterocycles. The Morgan fingerprint density at radius 3 is 2.50 bits per heavy atom. The Kier molecular flexibility index (Phi) is 9.64. The van der Waals surface area contributed by atoms with Gasteiger partial charge in [-0.3, -0.25) is 4.79 Å². The number of carbonyl (C=O) groups is 2. The summed E-state index contributed by atoms with van der Waals surface area (Å²) in [5.74, 6) is -1.26. The predicted octanol–water partition coefficient (Wildman–Crippen LogP) is 1.75. The Morgan fingerprint density at radius 2 is 1.92 bits per heavy atom. The number of amides is 1. The maximum absolute atomic E-state index is 12.2. The number of rotatable bonds is 8. The molecule has 142 valence electrons. The van der Waals surface area contributed by atoms with E-state index in [4.69, 9.17) is 28.6 Å². The van der Waals surface area contributed by atoms with E-state index in [2.05, 4.69) is 16.0 Å². The zero-order valence-corrected chi connectivity index (χ0v) is 16.5. The van der Waals surface area contributed by atoms with Crippen molar-refractivity contribution in [3.63, 3.8) is 0 Å². The molecular formula is C17H23ClN4O3S. The van der Waals surface area contributed by atoms with E-state index < -0.39 is 11.9 Å². The number of halogens is 1. The number of likely N-dealkylation sites (N-methyl/N-ethyl adjacent to an activating group) is 1. The van der Waals surface area contributed by atoms with Crippen LogP contribution in [0.5, 0.6) is 0 Å². The molecule has 0 radical (unpaired) electrons. The van der Waals surface area contributed by atoms with E-state index in [9.17, 15) is 9.59 Å². The van der Waals surface area contributed by atoms with Crippen molar-refractivity contribution in [2.75, 3.05) is 39.1 Å². The van der Waals surface area contributed by atoms with Gasteiger partial charge in [-0.2, -0.15) is 0 Å². The van der Waals surface area contributed by atoms with Crippen LogP contribution in [0.25, 0.3) is 0 Å². The van der Waals surface area contributed by atoms with Crippen LogP contribution in [0.1, 0.15) is 6.92 Å². The van der Waals surface area contributed by atoms with Gasteiger partial charge in [0.25, 0.3) is 5.91 Å². The van der Waals surface area contributed by atoms with Gasteiger partial charge in [0.2, 0.25) is 0 Å². The van der Waals surface area contributed by atoms with Crippen molar-refractivity contribution >= 4 is 46.5 Å². The van der Waals surface area contributed by atoms with Crippen LogP contribution in [0.3, 0.4) is 0 Å². The summed E-state index contributed by atoms with van der Waals surface area (Å²) >= 11 is 11.0. The summed E-state index contributed by atoms with van der Waals surface area (Å²) in [7, 11) is 3.77. The van der Waals surface area contributed by atoms with Gasteiger partial charge in [0, 0.05) is 30.0 Å². The maximum Gasteiger partial charge on any atom is 0.345 e. The number of thiocarbonyl (C=S) groups is 1. The zero-order chi connectivity index (χ0) is 19.5. The summed E-state index contributed by atoms with van der Waals surface area (Å²) in [6.45, 7) is 2.87. The molecule has 3 N–H and O–H groups in total. The first-order chi connectivity index (χ1) is 12.3. The van der Waals surface area contributed by atoms with Gasteiger partial charge >= 0.3 is 5.97 Å². The molecule has 7 nitrogen and oxygen atoms in total. The molecule has 1 aromatic carbocycles. The molecule has 0 atom stereocenters. The first-order valence-corrected chi connectivity index (χ1v) is 8.75. The summed E-state index contributed by atoms with van der Waals surface area (Å²) in [4.78, 5) is 26.2. The molecule has 0 aliphatic heterocycles. The van der Waals surface area contributed by atoms with Crippen LogP contribution in [0.15, 0.2) is 36.0 Å². The van der Waals surface area contributed by atoms with Gasteiger partial charge in [-0.1, -0.05) is 11.6 Å². The fourth-order valence-electron chi connectivity index (χ4n) is 1.75. The molecule has 1 rings (SSSR count). The second kappa shape index (κ2) is 11.5. The normalized spacial score (nSPS) is 11.0. The van der Waals surface area contributed by atoms with E-state index in [1.165, 1.54) is 6.20 Å². The molecule has 0 spiro atoms. The largest absolute Gasteiger partial charge is 0.462 e. The second-order valence-corrected chi connectivity index (χ2v) is 6.29. The highest BCUT2D eigenvalue weighted by atomic mass is 35.5. The summed E-state index contributed by atoms with van der Waals surface area (Å²) in [6.07, 6.45) is 1.23. The maximum atomic E-state index is 12.2. The zero-order valence-electron chi connectivity index (χ0n) is 15.0. The monoisotopic (exact) mass is 398 g/mol. The molecule has 9 heteroatoms. The average molecular weight is 399 g/mol. The molecule has 0 saturated carbocycles. The highest BCUT2D eigenvalue weighted by Gasteiger charge is 2.19. The van der Waals surface area contributed by atoms with E-state index >= 15 is 0 Å². The lowest BCUT2D eigenvalue weighted by atomic mass is 10.2. The van der Waals surface area contributed by atoms with Gasteiger partial charge in [-0.15, -0.1) is 0 Å². The molecule has 1 amide bonds. The third-order valence-corrected chi connectivity index (χ3v) is 3.51. The van der Waals surface area contributed by atoms with E-state index in [0.717, 1.165) is 0 Å². The van der Waals surface area contributed by atoms with Crippen molar-refractivity contribution in [1.29, 1.82) is 0 Å². The lowest BCUT2D eigenvalue weighted by Crippen LogP contribution is -2.36. The standard InChI is InChI=1S/C17H23ClN4O3S/c1-4-25-16(24)14(15(23)19-9-10-22(2)3)11-20-17(26)21-13-7-5-12(18)6-8-13/h5-8,11H,4,9-10H2,1-3H3,(H,19,23)(H2,20,21,26)/b14-11+. The third-order valence-electron chi connectivity index (χ3n) is 3.03. The van der Waals surface area contributed by atoms with Crippen LogP contribution in [-0.2, 0) is 14.3 Å². The van der Waals surface area contributed by atoms with Crippen LogP contribution < -0.4 is 16.0 Å². The van der Waals surface area contributed by atoms with Crippen LogP contribution in [-0.4, -0.2) is 55.7 Å². The fourth-order valence-corrected chi connectivity index (χ4v) is 2.06. The fraction of sp³-hybridized carbons (Fsp3) is 0.353. The van der Waals surface area contributed by atoms with Gasteiger partial charge in [0.1, 0.15) is 5.57 Å².